The molecule has 82 valence electrons. The van der Waals surface area contributed by atoms with Crippen LogP contribution in [0.3, 0.4) is 0 Å². The standard InChI is InChI=1S/C5H6N2O.C5H4N2O/c2*8-4-5-2-1-3-6-7-5/h1-3,8H,4H2;1-4H. The molecule has 16 heavy (non-hydrogen) atoms. The minimum Gasteiger partial charge on any atom is -0.390 e. The van der Waals surface area contributed by atoms with Gasteiger partial charge in [-0.05, 0) is 24.3 Å². The van der Waals surface area contributed by atoms with E-state index in [1.54, 1.807) is 30.5 Å². The molecule has 0 aliphatic rings. The number of carbonyl (C=O) groups excluding carboxylic acids is 1. The van der Waals surface area contributed by atoms with E-state index in [4.69, 9.17) is 5.11 Å². The molecule has 6 heteroatoms. The first-order valence-electron chi connectivity index (χ1n) is 4.47. The summed E-state index contributed by atoms with van der Waals surface area (Å²) in [4.78, 5) is 9.90. The summed E-state index contributed by atoms with van der Waals surface area (Å²) in [5, 5.41) is 22.5. The van der Waals surface area contributed by atoms with Gasteiger partial charge in [0, 0.05) is 12.4 Å². The lowest BCUT2D eigenvalue weighted by molar-refractivity contribution is 0.111. The van der Waals surface area contributed by atoms with Crippen LogP contribution in [0.4, 0.5) is 0 Å². The van der Waals surface area contributed by atoms with Crippen molar-refractivity contribution in [3.8, 4) is 0 Å². The van der Waals surface area contributed by atoms with Crippen molar-refractivity contribution in [2.75, 3.05) is 0 Å². The minimum absolute atomic E-state index is 0.0339. The molecular weight excluding hydrogens is 208 g/mol. The molecule has 0 fully saturated rings. The average Bonchev–Trinajstić information content (AvgIpc) is 2.41. The summed E-state index contributed by atoms with van der Waals surface area (Å²) in [6.07, 6.45) is 3.75. The van der Waals surface area contributed by atoms with Crippen LogP contribution in [0.15, 0.2) is 36.7 Å². The summed E-state index contributed by atoms with van der Waals surface area (Å²) in [5.41, 5.74) is 0.972. The summed E-state index contributed by atoms with van der Waals surface area (Å²) in [5.74, 6) is 0. The van der Waals surface area contributed by atoms with Crippen LogP contribution in [0.25, 0.3) is 0 Å². The molecule has 2 rings (SSSR count). The smallest absolute Gasteiger partial charge is 0.170 e. The van der Waals surface area contributed by atoms with Gasteiger partial charge in [0.25, 0.3) is 0 Å². The molecule has 0 amide bonds. The molecule has 1 N–H and O–H groups in total. The Hall–Kier alpha value is -2.21. The number of hydrogen-bond donors (Lipinski definition) is 1. The number of rotatable bonds is 2. The summed E-state index contributed by atoms with van der Waals surface area (Å²) in [6, 6.07) is 6.71. The normalized spacial score (nSPS) is 8.81. The zero-order chi connectivity index (χ0) is 11.6. The van der Waals surface area contributed by atoms with Gasteiger partial charge in [0.2, 0.25) is 0 Å². The Balaban J connectivity index is 0.000000160. The van der Waals surface area contributed by atoms with Crippen LogP contribution < -0.4 is 0 Å². The molecule has 0 bridgehead atoms. The molecule has 2 aromatic rings. The van der Waals surface area contributed by atoms with Gasteiger partial charge in [0.1, 0.15) is 5.69 Å². The van der Waals surface area contributed by atoms with Crippen molar-refractivity contribution in [1.29, 1.82) is 0 Å². The predicted molar refractivity (Wildman–Crippen MR) is 55.4 cm³/mol. The van der Waals surface area contributed by atoms with E-state index in [1.807, 2.05) is 0 Å². The van der Waals surface area contributed by atoms with Crippen molar-refractivity contribution in [3.05, 3.63) is 48.0 Å². The van der Waals surface area contributed by atoms with Gasteiger partial charge in [-0.3, -0.25) is 4.79 Å². The number of aliphatic hydroxyl groups excluding tert-OH is 1. The van der Waals surface area contributed by atoms with Crippen molar-refractivity contribution in [2.45, 2.75) is 6.61 Å². The Kier molecular flexibility index (Phi) is 5.29. The monoisotopic (exact) mass is 218 g/mol. The molecule has 2 heterocycles. The first kappa shape index (κ1) is 11.9. The van der Waals surface area contributed by atoms with Gasteiger partial charge in [-0.15, -0.1) is 5.10 Å². The number of aldehydes is 1. The van der Waals surface area contributed by atoms with Gasteiger partial charge in [-0.1, -0.05) is 0 Å². The Bertz CT molecular complexity index is 408. The molecular formula is C10H10N4O2. The molecule has 0 spiro atoms. The maximum Gasteiger partial charge on any atom is 0.170 e. The summed E-state index contributed by atoms with van der Waals surface area (Å²) >= 11 is 0. The lowest BCUT2D eigenvalue weighted by Gasteiger charge is -1.86. The Morgan fingerprint density at radius 3 is 2.12 bits per heavy atom. The molecule has 0 aliphatic carbocycles. The Labute approximate surface area is 92.0 Å². The summed E-state index contributed by atoms with van der Waals surface area (Å²) in [7, 11) is 0. The zero-order valence-electron chi connectivity index (χ0n) is 8.39. The highest BCUT2D eigenvalue weighted by Crippen LogP contribution is 1.87. The fourth-order valence-corrected chi connectivity index (χ4v) is 0.794. The van der Waals surface area contributed by atoms with E-state index in [1.165, 1.54) is 6.20 Å². The van der Waals surface area contributed by atoms with Crippen molar-refractivity contribution < 1.29 is 9.90 Å². The minimum atomic E-state index is -0.0339. The first-order valence-corrected chi connectivity index (χ1v) is 4.47. The van der Waals surface area contributed by atoms with Crippen molar-refractivity contribution >= 4 is 6.29 Å². The lowest BCUT2D eigenvalue weighted by atomic mass is 10.4. The summed E-state index contributed by atoms with van der Waals surface area (Å²) in [6.45, 7) is -0.0339. The van der Waals surface area contributed by atoms with Gasteiger partial charge < -0.3 is 5.11 Å². The highest BCUT2D eigenvalue weighted by Gasteiger charge is 1.84. The van der Waals surface area contributed by atoms with E-state index in [9.17, 15) is 4.79 Å². The lowest BCUT2D eigenvalue weighted by Crippen LogP contribution is -1.88. The van der Waals surface area contributed by atoms with Crippen molar-refractivity contribution in [2.24, 2.45) is 0 Å². The number of hydrogen-bond acceptors (Lipinski definition) is 6. The number of aliphatic hydroxyl groups is 1. The highest BCUT2D eigenvalue weighted by atomic mass is 16.3. The molecule has 0 aliphatic heterocycles. The maximum atomic E-state index is 9.90. The van der Waals surface area contributed by atoms with Crippen LogP contribution in [-0.4, -0.2) is 31.8 Å². The summed E-state index contributed by atoms with van der Waals surface area (Å²) < 4.78 is 0. The fraction of sp³-hybridized carbons (Fsp3) is 0.100. The van der Waals surface area contributed by atoms with Crippen molar-refractivity contribution in [1.82, 2.24) is 20.4 Å². The van der Waals surface area contributed by atoms with E-state index in [2.05, 4.69) is 20.4 Å². The Morgan fingerprint density at radius 2 is 1.81 bits per heavy atom. The maximum absolute atomic E-state index is 9.90. The van der Waals surface area contributed by atoms with E-state index >= 15 is 0 Å². The third kappa shape index (κ3) is 4.34. The third-order valence-electron chi connectivity index (χ3n) is 1.50. The molecule has 6 nitrogen and oxygen atoms in total. The third-order valence-corrected chi connectivity index (χ3v) is 1.50. The zero-order valence-corrected chi connectivity index (χ0v) is 8.39. The second-order valence-electron chi connectivity index (χ2n) is 2.64. The SMILES string of the molecule is O=Cc1cccnn1.OCc1cccnn1. The van der Waals surface area contributed by atoms with Crippen LogP contribution >= 0.6 is 0 Å². The molecule has 0 saturated carbocycles. The van der Waals surface area contributed by atoms with E-state index in [0.29, 0.717) is 17.7 Å². The predicted octanol–water partition coefficient (Wildman–Crippen LogP) is 0.258. The second-order valence-corrected chi connectivity index (χ2v) is 2.64. The molecule has 2 aromatic heterocycles. The molecule has 0 unspecified atom stereocenters. The van der Waals surface area contributed by atoms with Crippen LogP contribution in [0, 0.1) is 0 Å². The second kappa shape index (κ2) is 7.13. The van der Waals surface area contributed by atoms with Gasteiger partial charge in [0.05, 0.1) is 12.3 Å². The van der Waals surface area contributed by atoms with E-state index in [-0.39, 0.29) is 6.61 Å². The average molecular weight is 218 g/mol. The molecule has 0 atom stereocenters. The largest absolute Gasteiger partial charge is 0.390 e. The van der Waals surface area contributed by atoms with Crippen molar-refractivity contribution in [3.63, 3.8) is 0 Å². The van der Waals surface area contributed by atoms with Gasteiger partial charge >= 0.3 is 0 Å². The fourth-order valence-electron chi connectivity index (χ4n) is 0.794. The van der Waals surface area contributed by atoms with Crippen LogP contribution in [0.5, 0.6) is 0 Å². The highest BCUT2D eigenvalue weighted by molar-refractivity contribution is 5.70. The van der Waals surface area contributed by atoms with Gasteiger partial charge in [-0.25, -0.2) is 0 Å². The quantitative estimate of drug-likeness (QED) is 0.727. The molecule has 0 saturated heterocycles. The van der Waals surface area contributed by atoms with Gasteiger partial charge in [-0.2, -0.15) is 15.3 Å². The van der Waals surface area contributed by atoms with E-state index in [0.717, 1.165) is 0 Å². The number of nitrogens with zero attached hydrogens (tertiary/aromatic N) is 4. The number of carbonyl (C=O) groups is 1. The van der Waals surface area contributed by atoms with Crippen LogP contribution in [0.2, 0.25) is 0 Å². The molecule has 0 radical (unpaired) electrons. The topological polar surface area (TPSA) is 88.9 Å². The van der Waals surface area contributed by atoms with Crippen LogP contribution in [-0.2, 0) is 6.61 Å². The van der Waals surface area contributed by atoms with Gasteiger partial charge in [0.15, 0.2) is 6.29 Å². The first-order chi connectivity index (χ1) is 7.86. The number of aromatic nitrogens is 4. The Morgan fingerprint density at radius 1 is 1.12 bits per heavy atom. The molecule has 0 aromatic carbocycles. The van der Waals surface area contributed by atoms with E-state index < -0.39 is 0 Å². The van der Waals surface area contributed by atoms with Crippen LogP contribution in [0.1, 0.15) is 16.2 Å².